The van der Waals surface area contributed by atoms with Gasteiger partial charge in [-0.2, -0.15) is 0 Å². The van der Waals surface area contributed by atoms with Crippen LogP contribution in [0.5, 0.6) is 5.75 Å². The van der Waals surface area contributed by atoms with Gasteiger partial charge < -0.3 is 29.2 Å². The summed E-state index contributed by atoms with van der Waals surface area (Å²) in [5.41, 5.74) is 2.01. The number of aromatic nitrogens is 1. The maximum Gasteiger partial charge on any atom is 0.162 e. The average Bonchev–Trinajstić information content (AvgIpc) is 3.12. The van der Waals surface area contributed by atoms with Crippen LogP contribution in [-0.4, -0.2) is 49.3 Å². The number of hydrogen-bond acceptors (Lipinski definition) is 7. The quantitative estimate of drug-likeness (QED) is 0.693. The van der Waals surface area contributed by atoms with E-state index in [1.165, 1.54) is 0 Å². The lowest BCUT2D eigenvalue weighted by Crippen LogP contribution is -2.45. The van der Waals surface area contributed by atoms with Gasteiger partial charge in [0.15, 0.2) is 5.76 Å². The lowest BCUT2D eigenvalue weighted by atomic mass is 9.98. The first-order valence-corrected chi connectivity index (χ1v) is 9.28. The summed E-state index contributed by atoms with van der Waals surface area (Å²) in [5.74, 6) is 1.55. The van der Waals surface area contributed by atoms with Crippen molar-refractivity contribution in [2.24, 2.45) is 0 Å². The first-order chi connectivity index (χ1) is 13.2. The summed E-state index contributed by atoms with van der Waals surface area (Å²) in [6, 6.07) is 9.82. The molecule has 0 bridgehead atoms. The lowest BCUT2D eigenvalue weighted by Gasteiger charge is -2.34. The highest BCUT2D eigenvalue weighted by Gasteiger charge is 2.30. The van der Waals surface area contributed by atoms with Crippen LogP contribution < -0.4 is 10.1 Å². The molecule has 0 unspecified atom stereocenters. The van der Waals surface area contributed by atoms with Crippen molar-refractivity contribution >= 4 is 0 Å². The van der Waals surface area contributed by atoms with Crippen molar-refractivity contribution in [2.75, 3.05) is 20.8 Å². The molecule has 0 amide bonds. The van der Waals surface area contributed by atoms with E-state index in [4.69, 9.17) is 18.7 Å². The Kier molecular flexibility index (Phi) is 7.23. The Labute approximate surface area is 159 Å². The van der Waals surface area contributed by atoms with Crippen molar-refractivity contribution < 1.29 is 23.8 Å². The number of methoxy groups -OCH3 is 2. The maximum absolute atomic E-state index is 10.3. The minimum atomic E-state index is -0.453. The predicted octanol–water partition coefficient (Wildman–Crippen LogP) is 2.07. The van der Waals surface area contributed by atoms with Gasteiger partial charge in [0, 0.05) is 32.7 Å². The monoisotopic (exact) mass is 376 g/mol. The number of nitrogens with zero attached hydrogens (tertiary/aromatic N) is 1. The maximum atomic E-state index is 10.3. The van der Waals surface area contributed by atoms with Gasteiger partial charge in [-0.15, -0.1) is 0 Å². The molecule has 7 heteroatoms. The molecule has 3 rings (SSSR count). The third-order valence-corrected chi connectivity index (χ3v) is 4.75. The molecule has 3 atom stereocenters. The van der Waals surface area contributed by atoms with Crippen LogP contribution in [0.25, 0.3) is 0 Å². The second kappa shape index (κ2) is 9.85. The zero-order chi connectivity index (χ0) is 19.1. The van der Waals surface area contributed by atoms with Gasteiger partial charge in [0.25, 0.3) is 0 Å². The lowest BCUT2D eigenvalue weighted by molar-refractivity contribution is -0.115. The Bertz CT molecular complexity index is 688. The number of rotatable bonds is 9. The zero-order valence-electron chi connectivity index (χ0n) is 15.9. The van der Waals surface area contributed by atoms with Crippen molar-refractivity contribution in [3.63, 3.8) is 0 Å². The van der Waals surface area contributed by atoms with E-state index in [9.17, 15) is 5.11 Å². The molecule has 0 radical (unpaired) electrons. The summed E-state index contributed by atoms with van der Waals surface area (Å²) < 4.78 is 21.5. The zero-order valence-corrected chi connectivity index (χ0v) is 15.9. The Balaban J connectivity index is 1.46. The molecule has 0 saturated carbocycles. The highest BCUT2D eigenvalue weighted by Crippen LogP contribution is 2.22. The minimum absolute atomic E-state index is 0.0293. The molecule has 7 nitrogen and oxygen atoms in total. The highest BCUT2D eigenvalue weighted by atomic mass is 16.5. The second-order valence-corrected chi connectivity index (χ2v) is 6.84. The van der Waals surface area contributed by atoms with E-state index in [2.05, 4.69) is 10.5 Å². The van der Waals surface area contributed by atoms with Crippen LogP contribution in [0.1, 0.15) is 29.9 Å². The van der Waals surface area contributed by atoms with Crippen molar-refractivity contribution in [3.8, 4) is 5.75 Å². The van der Waals surface area contributed by atoms with E-state index < -0.39 is 6.10 Å². The van der Waals surface area contributed by atoms with Gasteiger partial charge in [-0.1, -0.05) is 17.3 Å². The summed E-state index contributed by atoms with van der Waals surface area (Å²) >= 11 is 0. The molecule has 1 fully saturated rings. The average molecular weight is 376 g/mol. The van der Waals surface area contributed by atoms with Crippen LogP contribution in [0.3, 0.4) is 0 Å². The Morgan fingerprint density at radius 3 is 2.78 bits per heavy atom. The molecule has 1 aromatic heterocycles. The smallest absolute Gasteiger partial charge is 0.162 e. The van der Waals surface area contributed by atoms with Gasteiger partial charge in [-0.25, -0.2) is 0 Å². The summed E-state index contributed by atoms with van der Waals surface area (Å²) in [6.07, 6.45) is 1.56. The molecular formula is C20H28N2O5. The van der Waals surface area contributed by atoms with Gasteiger partial charge in [-0.3, -0.25) is 0 Å². The van der Waals surface area contributed by atoms with Crippen molar-refractivity contribution in [3.05, 3.63) is 47.3 Å². The van der Waals surface area contributed by atoms with Crippen molar-refractivity contribution in [1.29, 1.82) is 0 Å². The van der Waals surface area contributed by atoms with Gasteiger partial charge in [0.2, 0.25) is 0 Å². The Morgan fingerprint density at radius 2 is 2.04 bits per heavy atom. The molecule has 1 aliphatic rings. The van der Waals surface area contributed by atoms with Crippen LogP contribution in [0, 0.1) is 0 Å². The molecule has 2 aromatic rings. The minimum Gasteiger partial charge on any atom is -0.497 e. The van der Waals surface area contributed by atoms with E-state index in [0.717, 1.165) is 29.8 Å². The fraction of sp³-hybridized carbons (Fsp3) is 0.550. The molecule has 2 N–H and O–H groups in total. The van der Waals surface area contributed by atoms with Crippen LogP contribution in [0.15, 0.2) is 34.9 Å². The van der Waals surface area contributed by atoms with E-state index in [1.807, 2.05) is 30.3 Å². The Morgan fingerprint density at radius 1 is 1.22 bits per heavy atom. The first kappa shape index (κ1) is 19.8. The summed E-state index contributed by atoms with van der Waals surface area (Å²) in [6.45, 7) is 1.72. The van der Waals surface area contributed by atoms with E-state index in [1.54, 1.807) is 14.2 Å². The third kappa shape index (κ3) is 5.77. The molecule has 148 valence electrons. The third-order valence-electron chi connectivity index (χ3n) is 4.75. The number of hydrogen-bond donors (Lipinski definition) is 2. The van der Waals surface area contributed by atoms with Crippen LogP contribution in [-0.2, 0) is 29.0 Å². The standard InChI is InChI=1S/C20H28N2O5/c1-24-13-18-10-15(22-27-18)9-17-7-8-19(23)20(26-17)12-21-11-14-3-5-16(25-2)6-4-14/h3-6,10,17,19-21,23H,7-9,11-13H2,1-2H3/t17-,19-,20+/m0/s1. The van der Waals surface area contributed by atoms with Crippen LogP contribution in [0.4, 0.5) is 0 Å². The number of nitrogens with one attached hydrogen (secondary N) is 1. The number of ether oxygens (including phenoxy) is 3. The van der Waals surface area contributed by atoms with Crippen molar-refractivity contribution in [2.45, 2.75) is 50.7 Å². The Hall–Kier alpha value is -1.93. The van der Waals surface area contributed by atoms with E-state index in [-0.39, 0.29) is 12.2 Å². The number of benzene rings is 1. The van der Waals surface area contributed by atoms with Gasteiger partial charge in [-0.05, 0) is 30.5 Å². The van der Waals surface area contributed by atoms with E-state index in [0.29, 0.717) is 31.9 Å². The normalized spacial score (nSPS) is 22.7. The summed E-state index contributed by atoms with van der Waals surface area (Å²) in [7, 11) is 3.28. The fourth-order valence-corrected chi connectivity index (χ4v) is 3.28. The molecule has 1 aromatic carbocycles. The van der Waals surface area contributed by atoms with Gasteiger partial charge in [0.1, 0.15) is 12.4 Å². The molecule has 0 spiro atoms. The SMILES string of the molecule is COCc1cc(C[C@@H]2CC[C@H](O)[C@@H](CNCc3ccc(OC)cc3)O2)no1. The number of aliphatic hydroxyl groups is 1. The second-order valence-electron chi connectivity index (χ2n) is 6.84. The number of aliphatic hydroxyl groups excluding tert-OH is 1. The topological polar surface area (TPSA) is 86.0 Å². The van der Waals surface area contributed by atoms with Gasteiger partial charge in [0.05, 0.1) is 31.1 Å². The summed E-state index contributed by atoms with van der Waals surface area (Å²) in [4.78, 5) is 0. The van der Waals surface area contributed by atoms with Crippen LogP contribution in [0.2, 0.25) is 0 Å². The molecule has 2 heterocycles. The van der Waals surface area contributed by atoms with Gasteiger partial charge >= 0.3 is 0 Å². The van der Waals surface area contributed by atoms with E-state index >= 15 is 0 Å². The molecule has 27 heavy (non-hydrogen) atoms. The van der Waals surface area contributed by atoms with Crippen LogP contribution >= 0.6 is 0 Å². The highest BCUT2D eigenvalue weighted by molar-refractivity contribution is 5.27. The molecule has 1 aliphatic heterocycles. The fourth-order valence-electron chi connectivity index (χ4n) is 3.28. The molecular weight excluding hydrogens is 348 g/mol. The molecule has 1 saturated heterocycles. The molecule has 0 aliphatic carbocycles. The summed E-state index contributed by atoms with van der Waals surface area (Å²) in [5, 5.41) is 17.7. The van der Waals surface area contributed by atoms with Crippen molar-refractivity contribution in [1.82, 2.24) is 10.5 Å². The first-order valence-electron chi connectivity index (χ1n) is 9.28. The predicted molar refractivity (Wildman–Crippen MR) is 99.5 cm³/mol. The largest absolute Gasteiger partial charge is 0.497 e.